The van der Waals surface area contributed by atoms with Gasteiger partial charge in [-0.2, -0.15) is 0 Å². The van der Waals surface area contributed by atoms with Crippen LogP contribution in [-0.4, -0.2) is 36.7 Å². The summed E-state index contributed by atoms with van der Waals surface area (Å²) < 4.78 is 5.59. The van der Waals surface area contributed by atoms with Crippen LogP contribution in [0.4, 0.5) is 0 Å². The molecule has 128 valence electrons. The standard InChI is InChI=1S/C20H25NO3/c1-3-17(22)13-9-15-16-10-12-14(5-4-6-19(12)24-2)20(15,7-8-21-16)11-18(13)23/h3-6,13,15-17,21-22H,1,7-11H2,2H3/t13?,15-,16+,17?,20+/m0/s1. The fraction of sp³-hybridized carbons (Fsp3) is 0.550. The molecule has 0 amide bonds. The highest BCUT2D eigenvalue weighted by molar-refractivity contribution is 5.85. The number of aliphatic hydroxyl groups excluding tert-OH is 1. The maximum atomic E-state index is 12.8. The van der Waals surface area contributed by atoms with Gasteiger partial charge in [0.25, 0.3) is 0 Å². The molecule has 5 atom stereocenters. The minimum Gasteiger partial charge on any atom is -0.496 e. The minimum atomic E-state index is -0.734. The molecule has 4 heteroatoms. The number of ketones is 1. The summed E-state index contributed by atoms with van der Waals surface area (Å²) in [7, 11) is 1.71. The van der Waals surface area contributed by atoms with Crippen LogP contribution in [-0.2, 0) is 16.6 Å². The lowest BCUT2D eigenvalue weighted by Crippen LogP contribution is -2.62. The smallest absolute Gasteiger partial charge is 0.139 e. The van der Waals surface area contributed by atoms with Crippen molar-refractivity contribution >= 4 is 5.78 Å². The first-order chi connectivity index (χ1) is 11.6. The highest BCUT2D eigenvalue weighted by Crippen LogP contribution is 2.55. The van der Waals surface area contributed by atoms with E-state index in [0.29, 0.717) is 18.4 Å². The molecule has 4 nitrogen and oxygen atoms in total. The highest BCUT2D eigenvalue weighted by atomic mass is 16.5. The second-order valence-electron chi connectivity index (χ2n) is 7.48. The highest BCUT2D eigenvalue weighted by Gasteiger charge is 2.56. The lowest BCUT2D eigenvalue weighted by molar-refractivity contribution is -0.134. The van der Waals surface area contributed by atoms with E-state index < -0.39 is 6.10 Å². The molecule has 1 heterocycles. The number of piperidine rings is 1. The van der Waals surface area contributed by atoms with Gasteiger partial charge in [0.05, 0.1) is 13.2 Å². The maximum absolute atomic E-state index is 12.8. The molecule has 2 aliphatic carbocycles. The van der Waals surface area contributed by atoms with Gasteiger partial charge in [0.2, 0.25) is 0 Å². The first kappa shape index (κ1) is 15.9. The van der Waals surface area contributed by atoms with E-state index in [2.05, 4.69) is 18.0 Å². The second-order valence-corrected chi connectivity index (χ2v) is 7.48. The normalized spacial score (nSPS) is 35.6. The van der Waals surface area contributed by atoms with Gasteiger partial charge in [-0.1, -0.05) is 18.2 Å². The predicted molar refractivity (Wildman–Crippen MR) is 92.2 cm³/mol. The van der Waals surface area contributed by atoms with Crippen LogP contribution in [0.25, 0.3) is 0 Å². The molecule has 24 heavy (non-hydrogen) atoms. The lowest BCUT2D eigenvalue weighted by Gasteiger charge is -2.57. The SMILES string of the molecule is C=CC(O)C1C[C@H]2[C@H]3Cc4c(OC)cccc4[C@@]2(CCN3)CC1=O. The van der Waals surface area contributed by atoms with Gasteiger partial charge < -0.3 is 15.2 Å². The summed E-state index contributed by atoms with van der Waals surface area (Å²) in [5, 5.41) is 13.9. The monoisotopic (exact) mass is 327 g/mol. The summed E-state index contributed by atoms with van der Waals surface area (Å²) in [6.45, 7) is 4.61. The van der Waals surface area contributed by atoms with E-state index in [-0.39, 0.29) is 17.1 Å². The number of hydrogen-bond acceptors (Lipinski definition) is 4. The Kier molecular flexibility index (Phi) is 3.77. The third-order valence-electron chi connectivity index (χ3n) is 6.55. The summed E-state index contributed by atoms with van der Waals surface area (Å²) in [5.41, 5.74) is 2.44. The average Bonchev–Trinajstić information content (AvgIpc) is 2.59. The van der Waals surface area contributed by atoms with Gasteiger partial charge in [-0.15, -0.1) is 6.58 Å². The van der Waals surface area contributed by atoms with Gasteiger partial charge in [-0.25, -0.2) is 0 Å². The average molecular weight is 327 g/mol. The number of nitrogens with one attached hydrogen (secondary N) is 1. The van der Waals surface area contributed by atoms with Crippen molar-refractivity contribution in [3.63, 3.8) is 0 Å². The zero-order valence-corrected chi connectivity index (χ0v) is 14.1. The quantitative estimate of drug-likeness (QED) is 0.834. The van der Waals surface area contributed by atoms with Gasteiger partial charge in [0, 0.05) is 23.8 Å². The lowest BCUT2D eigenvalue weighted by atomic mass is 9.50. The predicted octanol–water partition coefficient (Wildman–Crippen LogP) is 1.99. The molecule has 0 aromatic heterocycles. The van der Waals surface area contributed by atoms with Crippen LogP contribution >= 0.6 is 0 Å². The molecule has 1 aromatic rings. The summed E-state index contributed by atoms with van der Waals surface area (Å²) in [6, 6.07) is 6.58. The Morgan fingerprint density at radius 3 is 3.08 bits per heavy atom. The van der Waals surface area contributed by atoms with Crippen molar-refractivity contribution in [1.29, 1.82) is 0 Å². The number of rotatable bonds is 3. The van der Waals surface area contributed by atoms with Crippen LogP contribution in [0.3, 0.4) is 0 Å². The van der Waals surface area contributed by atoms with Crippen molar-refractivity contribution in [3.8, 4) is 5.75 Å². The van der Waals surface area contributed by atoms with E-state index in [1.165, 1.54) is 17.2 Å². The molecule has 0 radical (unpaired) electrons. The minimum absolute atomic E-state index is 0.105. The number of aliphatic hydroxyl groups is 1. The number of ether oxygens (including phenoxy) is 1. The number of carbonyl (C=O) groups is 1. The molecule has 1 aliphatic heterocycles. The number of fused-ring (bicyclic) bond motifs is 1. The zero-order valence-electron chi connectivity index (χ0n) is 14.1. The Morgan fingerprint density at radius 1 is 1.50 bits per heavy atom. The first-order valence-electron chi connectivity index (χ1n) is 8.84. The van der Waals surface area contributed by atoms with Crippen LogP contribution in [0.15, 0.2) is 30.9 Å². The van der Waals surface area contributed by atoms with Crippen molar-refractivity contribution in [1.82, 2.24) is 5.32 Å². The summed E-state index contributed by atoms with van der Waals surface area (Å²) in [5.74, 6) is 1.17. The van der Waals surface area contributed by atoms with Crippen molar-refractivity contribution in [3.05, 3.63) is 42.0 Å². The van der Waals surface area contributed by atoms with E-state index in [0.717, 1.165) is 31.6 Å². The van der Waals surface area contributed by atoms with Gasteiger partial charge >= 0.3 is 0 Å². The van der Waals surface area contributed by atoms with Crippen LogP contribution in [0.5, 0.6) is 5.75 Å². The number of benzene rings is 1. The second kappa shape index (κ2) is 5.71. The molecular formula is C20H25NO3. The molecule has 4 rings (SSSR count). The molecule has 2 N–H and O–H groups in total. The van der Waals surface area contributed by atoms with E-state index in [1.807, 2.05) is 12.1 Å². The van der Waals surface area contributed by atoms with Crippen LogP contribution in [0.1, 0.15) is 30.4 Å². The van der Waals surface area contributed by atoms with E-state index >= 15 is 0 Å². The Labute approximate surface area is 142 Å². The van der Waals surface area contributed by atoms with Gasteiger partial charge in [0.15, 0.2) is 0 Å². The molecule has 2 unspecified atom stereocenters. The number of carbonyl (C=O) groups excluding carboxylic acids is 1. The fourth-order valence-corrected chi connectivity index (χ4v) is 5.44. The third-order valence-corrected chi connectivity index (χ3v) is 6.55. The molecular weight excluding hydrogens is 302 g/mol. The molecule has 1 aromatic carbocycles. The topological polar surface area (TPSA) is 58.6 Å². The Bertz CT molecular complexity index is 685. The molecule has 0 spiro atoms. The number of methoxy groups -OCH3 is 1. The van der Waals surface area contributed by atoms with Gasteiger partial charge in [-0.05, 0) is 48.9 Å². The van der Waals surface area contributed by atoms with E-state index in [1.54, 1.807) is 7.11 Å². The summed E-state index contributed by atoms with van der Waals surface area (Å²) in [4.78, 5) is 12.8. The van der Waals surface area contributed by atoms with Crippen molar-refractivity contribution in [2.75, 3.05) is 13.7 Å². The van der Waals surface area contributed by atoms with Crippen LogP contribution in [0.2, 0.25) is 0 Å². The maximum Gasteiger partial charge on any atom is 0.139 e. The molecule has 1 saturated carbocycles. The van der Waals surface area contributed by atoms with Crippen molar-refractivity contribution in [2.24, 2.45) is 11.8 Å². The first-order valence-corrected chi connectivity index (χ1v) is 8.84. The van der Waals surface area contributed by atoms with Gasteiger partial charge in [0.1, 0.15) is 11.5 Å². The van der Waals surface area contributed by atoms with Crippen molar-refractivity contribution < 1.29 is 14.6 Å². The van der Waals surface area contributed by atoms with Gasteiger partial charge in [-0.3, -0.25) is 4.79 Å². The molecule has 3 aliphatic rings. The Hall–Kier alpha value is -1.65. The zero-order chi connectivity index (χ0) is 16.9. The Morgan fingerprint density at radius 2 is 2.33 bits per heavy atom. The molecule has 2 bridgehead atoms. The fourth-order valence-electron chi connectivity index (χ4n) is 5.44. The number of hydrogen-bond donors (Lipinski definition) is 2. The molecule has 2 fully saturated rings. The van der Waals surface area contributed by atoms with E-state index in [9.17, 15) is 9.90 Å². The Balaban J connectivity index is 1.82. The van der Waals surface area contributed by atoms with Crippen LogP contribution < -0.4 is 10.1 Å². The largest absolute Gasteiger partial charge is 0.496 e. The molecule has 1 saturated heterocycles. The number of Topliss-reactive ketones (excluding diaryl/α,β-unsaturated/α-hetero) is 1. The van der Waals surface area contributed by atoms with E-state index in [4.69, 9.17) is 4.74 Å². The third kappa shape index (κ3) is 2.09. The summed E-state index contributed by atoms with van der Waals surface area (Å²) in [6.07, 6.45) is 3.92. The van der Waals surface area contributed by atoms with Crippen molar-refractivity contribution in [2.45, 2.75) is 43.2 Å². The summed E-state index contributed by atoms with van der Waals surface area (Å²) >= 11 is 0. The van der Waals surface area contributed by atoms with Crippen LogP contribution in [0, 0.1) is 11.8 Å².